The van der Waals surface area contributed by atoms with E-state index >= 15 is 0 Å². The van der Waals surface area contributed by atoms with Crippen molar-refractivity contribution in [2.45, 2.75) is 239 Å². The topological polar surface area (TPSA) is 115 Å². The average Bonchev–Trinajstić information content (AvgIpc) is 3.23. The second-order valence-electron chi connectivity index (χ2n) is 17.5. The predicted octanol–water partition coefficient (Wildman–Crippen LogP) is 11.1. The minimum absolute atomic E-state index is 0.128. The van der Waals surface area contributed by atoms with Gasteiger partial charge in [0, 0.05) is 58.5 Å². The largest absolute Gasteiger partial charge is 0.356 e. The first kappa shape index (κ1) is 57.3. The molecule has 0 rings (SSSR count). The van der Waals surface area contributed by atoms with E-state index in [1.807, 2.05) is 0 Å². The minimum Gasteiger partial charge on any atom is -0.356 e. The van der Waals surface area contributed by atoms with Crippen molar-refractivity contribution in [2.75, 3.05) is 65.4 Å². The van der Waals surface area contributed by atoms with E-state index in [0.717, 1.165) is 90.9 Å². The molecule has 0 aromatic heterocycles. The summed E-state index contributed by atoms with van der Waals surface area (Å²) in [5.41, 5.74) is 0. The summed E-state index contributed by atoms with van der Waals surface area (Å²) in [7, 11) is 0. The predicted molar refractivity (Wildman–Crippen MR) is 255 cm³/mol. The Bertz CT molecular complexity index is 891. The third-order valence-corrected chi connectivity index (χ3v) is 11.7. The Morgan fingerprint density at radius 3 is 0.949 bits per heavy atom. The van der Waals surface area contributed by atoms with E-state index in [0.29, 0.717) is 32.4 Å². The Morgan fingerprint density at radius 2 is 0.576 bits per heavy atom. The average molecular weight is 835 g/mol. The van der Waals surface area contributed by atoms with Crippen molar-refractivity contribution in [1.82, 2.24) is 31.5 Å². The Morgan fingerprint density at radius 1 is 0.288 bits per heavy atom. The molecule has 350 valence electrons. The molecule has 5 N–H and O–H groups in total. The van der Waals surface area contributed by atoms with Crippen molar-refractivity contribution in [1.29, 1.82) is 0 Å². The van der Waals surface area contributed by atoms with Crippen molar-refractivity contribution >= 4 is 17.7 Å². The molecule has 59 heavy (non-hydrogen) atoms. The molecule has 0 unspecified atom stereocenters. The number of carbonyl (C=O) groups is 3. The molecule has 0 atom stereocenters. The van der Waals surface area contributed by atoms with Crippen LogP contribution in [-0.2, 0) is 14.4 Å². The lowest BCUT2D eigenvalue weighted by Crippen LogP contribution is -2.35. The van der Waals surface area contributed by atoms with Gasteiger partial charge < -0.3 is 31.5 Å². The molecule has 0 aliphatic rings. The van der Waals surface area contributed by atoms with Gasteiger partial charge in [-0.05, 0) is 64.7 Å². The molecular weight excluding hydrogens is 733 g/mol. The summed E-state index contributed by atoms with van der Waals surface area (Å²) in [4.78, 5) is 39.8. The molecule has 3 amide bonds. The number of nitrogens with zero attached hydrogens (tertiary/aromatic N) is 1. The van der Waals surface area contributed by atoms with Crippen LogP contribution in [0.3, 0.4) is 0 Å². The fraction of sp³-hybridized carbons (Fsp3) is 0.940. The molecule has 0 radical (unpaired) electrons. The van der Waals surface area contributed by atoms with Crippen LogP contribution in [0.4, 0.5) is 0 Å². The van der Waals surface area contributed by atoms with Gasteiger partial charge in [0.1, 0.15) is 0 Å². The summed E-state index contributed by atoms with van der Waals surface area (Å²) >= 11 is 0. The second kappa shape index (κ2) is 49.0. The molecule has 9 heteroatoms. The normalized spacial score (nSPS) is 11.4. The van der Waals surface area contributed by atoms with Crippen LogP contribution >= 0.6 is 0 Å². The third-order valence-electron chi connectivity index (χ3n) is 11.7. The van der Waals surface area contributed by atoms with Crippen molar-refractivity contribution in [3.8, 4) is 0 Å². The molecular formula is C50H102N6O3. The standard InChI is InChI=1S/C50H102N6O3/c1-4-7-10-13-16-19-21-24-27-29-41-53-48(57)35-44-52-40-34-39-51-38-32-33-45-56(46-36-49(58)54-42-30-26-23-18-15-12-9-6-3)47-37-50(59)55-43-31-28-25-22-20-17-14-11-8-5-2/h51-52H,4-47H2,1-3H3,(H,53,57)(H,54,58)(H,55,59). The smallest absolute Gasteiger partial charge is 0.221 e. The highest BCUT2D eigenvalue weighted by Gasteiger charge is 2.11. The summed E-state index contributed by atoms with van der Waals surface area (Å²) < 4.78 is 0. The van der Waals surface area contributed by atoms with Crippen LogP contribution in [0.5, 0.6) is 0 Å². The quantitative estimate of drug-likeness (QED) is 0.0390. The van der Waals surface area contributed by atoms with E-state index in [1.165, 1.54) is 161 Å². The van der Waals surface area contributed by atoms with Crippen molar-refractivity contribution < 1.29 is 14.4 Å². The van der Waals surface area contributed by atoms with Gasteiger partial charge >= 0.3 is 0 Å². The highest BCUT2D eigenvalue weighted by molar-refractivity contribution is 5.77. The van der Waals surface area contributed by atoms with Gasteiger partial charge in [-0.3, -0.25) is 14.4 Å². The lowest BCUT2D eigenvalue weighted by atomic mass is 10.1. The van der Waals surface area contributed by atoms with Crippen molar-refractivity contribution in [3.63, 3.8) is 0 Å². The monoisotopic (exact) mass is 835 g/mol. The Hall–Kier alpha value is -1.71. The third kappa shape index (κ3) is 47.2. The van der Waals surface area contributed by atoms with E-state index in [1.54, 1.807) is 0 Å². The molecule has 0 fully saturated rings. The van der Waals surface area contributed by atoms with Gasteiger partial charge in [0.25, 0.3) is 0 Å². The molecule has 0 aliphatic heterocycles. The maximum Gasteiger partial charge on any atom is 0.221 e. The number of unbranched alkanes of at least 4 members (excludes halogenated alkanes) is 26. The summed E-state index contributed by atoms with van der Waals surface area (Å²) in [6, 6.07) is 0. The summed E-state index contributed by atoms with van der Waals surface area (Å²) in [5, 5.41) is 16.3. The van der Waals surface area contributed by atoms with Crippen LogP contribution in [0.25, 0.3) is 0 Å². The number of carbonyl (C=O) groups excluding carboxylic acids is 3. The number of hydrogen-bond acceptors (Lipinski definition) is 6. The zero-order valence-corrected chi connectivity index (χ0v) is 39.8. The molecule has 9 nitrogen and oxygen atoms in total. The van der Waals surface area contributed by atoms with Gasteiger partial charge in [-0.1, -0.05) is 181 Å². The highest BCUT2D eigenvalue weighted by Crippen LogP contribution is 2.12. The van der Waals surface area contributed by atoms with Gasteiger partial charge in [-0.25, -0.2) is 0 Å². The minimum atomic E-state index is 0.128. The van der Waals surface area contributed by atoms with Gasteiger partial charge in [0.15, 0.2) is 0 Å². The van der Waals surface area contributed by atoms with Gasteiger partial charge in [-0.15, -0.1) is 0 Å². The molecule has 0 spiro atoms. The highest BCUT2D eigenvalue weighted by atomic mass is 16.2. The van der Waals surface area contributed by atoms with Gasteiger partial charge in [0.05, 0.1) is 0 Å². The second-order valence-corrected chi connectivity index (χ2v) is 17.5. The van der Waals surface area contributed by atoms with E-state index < -0.39 is 0 Å². The van der Waals surface area contributed by atoms with Crippen LogP contribution in [0.2, 0.25) is 0 Å². The maximum atomic E-state index is 12.7. The van der Waals surface area contributed by atoms with Crippen LogP contribution in [0.15, 0.2) is 0 Å². The zero-order valence-electron chi connectivity index (χ0n) is 39.8. The fourth-order valence-corrected chi connectivity index (χ4v) is 7.66. The van der Waals surface area contributed by atoms with Crippen LogP contribution in [0.1, 0.15) is 239 Å². The molecule has 0 aromatic carbocycles. The number of hydrogen-bond donors (Lipinski definition) is 5. The van der Waals surface area contributed by atoms with Gasteiger partial charge in [0.2, 0.25) is 17.7 Å². The number of rotatable bonds is 49. The Labute approximate surface area is 367 Å². The zero-order chi connectivity index (χ0) is 43.0. The fourth-order valence-electron chi connectivity index (χ4n) is 7.66. The first-order valence-electron chi connectivity index (χ1n) is 26.0. The van der Waals surface area contributed by atoms with E-state index in [2.05, 4.69) is 52.3 Å². The Kier molecular flexibility index (Phi) is 47.5. The number of amides is 3. The van der Waals surface area contributed by atoms with E-state index in [-0.39, 0.29) is 17.7 Å². The summed E-state index contributed by atoms with van der Waals surface area (Å²) in [6.45, 7) is 15.0. The lowest BCUT2D eigenvalue weighted by molar-refractivity contribution is -0.122. The first-order valence-corrected chi connectivity index (χ1v) is 26.0. The van der Waals surface area contributed by atoms with E-state index in [9.17, 15) is 14.4 Å². The number of nitrogens with one attached hydrogen (secondary N) is 5. The molecule has 0 aromatic rings. The van der Waals surface area contributed by atoms with Crippen molar-refractivity contribution in [3.05, 3.63) is 0 Å². The molecule has 0 bridgehead atoms. The Balaban J connectivity index is 4.12. The maximum absolute atomic E-state index is 12.7. The van der Waals surface area contributed by atoms with Crippen LogP contribution < -0.4 is 26.6 Å². The van der Waals surface area contributed by atoms with E-state index in [4.69, 9.17) is 0 Å². The first-order chi connectivity index (χ1) is 29.0. The molecule has 0 heterocycles. The van der Waals surface area contributed by atoms with Crippen molar-refractivity contribution in [2.24, 2.45) is 0 Å². The van der Waals surface area contributed by atoms with Crippen LogP contribution in [0, 0.1) is 0 Å². The molecule has 0 saturated carbocycles. The summed E-state index contributed by atoms with van der Waals surface area (Å²) in [6.07, 6.45) is 40.9. The lowest BCUT2D eigenvalue weighted by Gasteiger charge is -2.22. The summed E-state index contributed by atoms with van der Waals surface area (Å²) in [5.74, 6) is 0.416. The SMILES string of the molecule is CCCCCCCCCCCCNC(=O)CCNCCCNCCCCN(CCC(=O)NCCCCCCCCCC)CCC(=O)NCCCCCCCCCCCC. The van der Waals surface area contributed by atoms with Crippen LogP contribution in [-0.4, -0.2) is 88.1 Å². The molecule has 0 saturated heterocycles. The molecule has 0 aliphatic carbocycles. The van der Waals surface area contributed by atoms with Gasteiger partial charge in [-0.2, -0.15) is 0 Å².